The zero-order chi connectivity index (χ0) is 42.8. The van der Waals surface area contributed by atoms with E-state index in [0.717, 1.165) is 103 Å². The van der Waals surface area contributed by atoms with Crippen LogP contribution < -0.4 is 5.11 Å². The highest BCUT2D eigenvalue weighted by Gasteiger charge is 2.25. The standard InChI is InChI=1S/C50H83NO7/c1-6-8-10-12-14-16-18-20-22-23-24-25-26-27-29-31-33-35-37-39-41-49(53)58-46(44-56-43-42-47(50(54)55)51(3,4)5)45-57-48(52)40-38-36-34-32-30-28-21-19-17-15-13-11-9-7-2/h8-11,14-17,20,22,24-25,27,29,46-47H,6-7,12-13,18-19,21,23,26,28,30-45H2,1-5H3/b10-8+,11-9+,16-14+,17-15+,22-20+,25-24+,29-27+. The lowest BCUT2D eigenvalue weighted by Crippen LogP contribution is -2.55. The highest BCUT2D eigenvalue weighted by Crippen LogP contribution is 2.13. The smallest absolute Gasteiger partial charge is 0.306 e. The molecule has 0 aromatic rings. The molecule has 0 aliphatic carbocycles. The number of aliphatic carboxylic acids is 1. The second kappa shape index (κ2) is 40.3. The molecule has 0 aromatic heterocycles. The van der Waals surface area contributed by atoms with E-state index in [4.69, 9.17) is 14.2 Å². The number of hydrogen-bond donors (Lipinski definition) is 0. The largest absolute Gasteiger partial charge is 0.544 e. The van der Waals surface area contributed by atoms with E-state index in [0.29, 0.717) is 6.42 Å². The number of likely N-dealkylation sites (N-methyl/N-ethyl adjacent to an activating group) is 1. The quantitative estimate of drug-likeness (QED) is 0.0264. The monoisotopic (exact) mass is 810 g/mol. The minimum atomic E-state index is -1.13. The number of rotatable bonds is 39. The van der Waals surface area contributed by atoms with Crippen LogP contribution in [0.3, 0.4) is 0 Å². The van der Waals surface area contributed by atoms with Gasteiger partial charge in [0.1, 0.15) is 12.6 Å². The fraction of sp³-hybridized carbons (Fsp3) is 0.660. The first-order valence-electron chi connectivity index (χ1n) is 22.6. The van der Waals surface area contributed by atoms with E-state index in [-0.39, 0.29) is 49.1 Å². The third kappa shape index (κ3) is 38.1. The zero-order valence-electron chi connectivity index (χ0n) is 37.4. The first-order chi connectivity index (χ1) is 28.1. The van der Waals surface area contributed by atoms with E-state index in [2.05, 4.69) is 98.9 Å². The number of allylic oxidation sites excluding steroid dienone is 14. The van der Waals surface area contributed by atoms with Gasteiger partial charge in [-0.25, -0.2) is 0 Å². The molecule has 0 fully saturated rings. The maximum Gasteiger partial charge on any atom is 0.306 e. The van der Waals surface area contributed by atoms with Crippen LogP contribution in [0.2, 0.25) is 0 Å². The topological polar surface area (TPSA) is 102 Å². The molecule has 0 bridgehead atoms. The van der Waals surface area contributed by atoms with Crippen LogP contribution in [0.5, 0.6) is 0 Å². The third-order valence-corrected chi connectivity index (χ3v) is 9.53. The number of esters is 2. The summed E-state index contributed by atoms with van der Waals surface area (Å²) >= 11 is 0. The molecule has 0 aromatic carbocycles. The Hall–Kier alpha value is -3.49. The van der Waals surface area contributed by atoms with Gasteiger partial charge in [0, 0.05) is 19.3 Å². The van der Waals surface area contributed by atoms with Gasteiger partial charge in [-0.2, -0.15) is 0 Å². The van der Waals surface area contributed by atoms with Crippen LogP contribution in [0.25, 0.3) is 0 Å². The fourth-order valence-corrected chi connectivity index (χ4v) is 6.07. The van der Waals surface area contributed by atoms with Crippen molar-refractivity contribution < 1.29 is 38.2 Å². The van der Waals surface area contributed by atoms with Gasteiger partial charge in [0.2, 0.25) is 0 Å². The molecule has 0 aliphatic heterocycles. The van der Waals surface area contributed by atoms with Crippen LogP contribution in [0.1, 0.15) is 162 Å². The molecule has 0 saturated carbocycles. The molecule has 0 aliphatic rings. The number of carbonyl (C=O) groups excluding carboxylic acids is 3. The summed E-state index contributed by atoms with van der Waals surface area (Å²) < 4.78 is 17.1. The average molecular weight is 810 g/mol. The lowest BCUT2D eigenvalue weighted by atomic mass is 10.1. The summed E-state index contributed by atoms with van der Waals surface area (Å²) in [6.45, 7) is 4.39. The van der Waals surface area contributed by atoms with Gasteiger partial charge in [0.05, 0.1) is 40.3 Å². The molecule has 2 unspecified atom stereocenters. The van der Waals surface area contributed by atoms with Crippen molar-refractivity contribution in [3.8, 4) is 0 Å². The molecule has 0 spiro atoms. The Morgan fingerprint density at radius 3 is 1.34 bits per heavy atom. The number of carboxylic acids is 1. The van der Waals surface area contributed by atoms with Crippen molar-refractivity contribution in [2.75, 3.05) is 41.0 Å². The Bertz CT molecular complexity index is 1220. The van der Waals surface area contributed by atoms with E-state index in [1.807, 2.05) is 0 Å². The lowest BCUT2D eigenvalue weighted by Gasteiger charge is -2.34. The summed E-state index contributed by atoms with van der Waals surface area (Å²) in [5.41, 5.74) is 0. The molecule has 2 atom stereocenters. The van der Waals surface area contributed by atoms with Gasteiger partial charge >= 0.3 is 11.9 Å². The van der Waals surface area contributed by atoms with Gasteiger partial charge in [0.15, 0.2) is 6.10 Å². The summed E-state index contributed by atoms with van der Waals surface area (Å²) in [7, 11) is 5.39. The van der Waals surface area contributed by atoms with Crippen LogP contribution >= 0.6 is 0 Å². The number of quaternary nitrogens is 1. The summed E-state index contributed by atoms with van der Waals surface area (Å²) in [6, 6.07) is -0.736. The van der Waals surface area contributed by atoms with Gasteiger partial charge < -0.3 is 28.6 Å². The highest BCUT2D eigenvalue weighted by molar-refractivity contribution is 5.70. The number of carbonyl (C=O) groups is 3. The normalized spacial score (nSPS) is 13.7. The Kier molecular flexibility index (Phi) is 37.9. The van der Waals surface area contributed by atoms with Crippen LogP contribution in [0.4, 0.5) is 0 Å². The minimum Gasteiger partial charge on any atom is -0.544 e. The van der Waals surface area contributed by atoms with Gasteiger partial charge in [-0.15, -0.1) is 0 Å². The van der Waals surface area contributed by atoms with E-state index >= 15 is 0 Å². The van der Waals surface area contributed by atoms with Gasteiger partial charge in [-0.1, -0.05) is 144 Å². The molecule has 0 rings (SSSR count). The van der Waals surface area contributed by atoms with E-state index < -0.39 is 18.1 Å². The molecule has 0 N–H and O–H groups in total. The molecule has 330 valence electrons. The first kappa shape index (κ1) is 54.5. The molecular formula is C50H83NO7. The van der Waals surface area contributed by atoms with Crippen molar-refractivity contribution in [2.24, 2.45) is 0 Å². The van der Waals surface area contributed by atoms with Crippen molar-refractivity contribution in [3.05, 3.63) is 85.1 Å². The molecule has 58 heavy (non-hydrogen) atoms. The Labute approximate surface area is 354 Å². The van der Waals surface area contributed by atoms with E-state index in [1.54, 1.807) is 21.1 Å². The molecule has 0 saturated heterocycles. The van der Waals surface area contributed by atoms with Gasteiger partial charge in [0.25, 0.3) is 0 Å². The number of hydrogen-bond acceptors (Lipinski definition) is 7. The van der Waals surface area contributed by atoms with Crippen LogP contribution in [-0.4, -0.2) is 75.5 Å². The Morgan fingerprint density at radius 2 is 0.914 bits per heavy atom. The summed E-state index contributed by atoms with van der Waals surface area (Å²) in [6.07, 6.45) is 51.8. The molecule has 0 radical (unpaired) electrons. The average Bonchev–Trinajstić information content (AvgIpc) is 3.18. The van der Waals surface area contributed by atoms with Crippen LogP contribution in [0.15, 0.2) is 85.1 Å². The number of unbranched alkanes of at least 4 members (excludes halogenated alkanes) is 11. The number of carboxylic acid groups (broad SMARTS) is 1. The molecule has 0 heterocycles. The predicted molar refractivity (Wildman–Crippen MR) is 240 cm³/mol. The maximum atomic E-state index is 12.7. The second-order valence-electron chi connectivity index (χ2n) is 15.9. The van der Waals surface area contributed by atoms with Crippen molar-refractivity contribution in [3.63, 3.8) is 0 Å². The van der Waals surface area contributed by atoms with Crippen molar-refractivity contribution in [2.45, 2.75) is 174 Å². The maximum absolute atomic E-state index is 12.7. The number of nitrogens with zero attached hydrogens (tertiary/aromatic N) is 1. The molecular weight excluding hydrogens is 727 g/mol. The van der Waals surface area contributed by atoms with Gasteiger partial charge in [-0.3, -0.25) is 9.59 Å². The van der Waals surface area contributed by atoms with Crippen LogP contribution in [-0.2, 0) is 28.6 Å². The third-order valence-electron chi connectivity index (χ3n) is 9.53. The van der Waals surface area contributed by atoms with Gasteiger partial charge in [-0.05, 0) is 83.5 Å². The summed E-state index contributed by atoms with van der Waals surface area (Å²) in [5.74, 6) is -1.79. The first-order valence-corrected chi connectivity index (χ1v) is 22.6. The van der Waals surface area contributed by atoms with E-state index in [9.17, 15) is 19.5 Å². The molecule has 0 amide bonds. The molecule has 8 heteroatoms. The van der Waals surface area contributed by atoms with E-state index in [1.165, 1.54) is 25.7 Å². The van der Waals surface area contributed by atoms with Crippen molar-refractivity contribution in [1.82, 2.24) is 0 Å². The lowest BCUT2D eigenvalue weighted by molar-refractivity contribution is -0.889. The fourth-order valence-electron chi connectivity index (χ4n) is 6.07. The van der Waals surface area contributed by atoms with Crippen LogP contribution in [0, 0.1) is 0 Å². The minimum absolute atomic E-state index is 0.0227. The van der Waals surface area contributed by atoms with Crippen molar-refractivity contribution in [1.29, 1.82) is 0 Å². The summed E-state index contributed by atoms with van der Waals surface area (Å²) in [5, 5.41) is 11.6. The number of ether oxygens (including phenoxy) is 3. The summed E-state index contributed by atoms with van der Waals surface area (Å²) in [4.78, 5) is 36.9. The predicted octanol–water partition coefficient (Wildman–Crippen LogP) is 11.2. The second-order valence-corrected chi connectivity index (χ2v) is 15.9. The Morgan fingerprint density at radius 1 is 0.517 bits per heavy atom. The highest BCUT2D eigenvalue weighted by atomic mass is 16.6. The molecule has 8 nitrogen and oxygen atoms in total. The Balaban J connectivity index is 4.40. The zero-order valence-corrected chi connectivity index (χ0v) is 37.4. The van der Waals surface area contributed by atoms with Crippen molar-refractivity contribution >= 4 is 17.9 Å². The SMILES string of the molecule is CC/C=C/C/C=C/C/C=C/C/C=C/C/C=C/CCCCCCC(=O)OC(COCCC(C(=O)[O-])[N+](C)(C)C)COC(=O)CCCCCCCCC/C=C/C/C=C/CC.